The van der Waals surface area contributed by atoms with Crippen LogP contribution in [0.5, 0.6) is 5.75 Å². The Hall–Kier alpha value is -2.64. The molecule has 0 bridgehead atoms. The molecule has 0 amide bonds. The molecule has 0 saturated heterocycles. The predicted molar refractivity (Wildman–Crippen MR) is 63.3 cm³/mol. The topological polar surface area (TPSA) is 59.4 Å². The zero-order valence-corrected chi connectivity index (χ0v) is 10.2. The van der Waals surface area contributed by atoms with Gasteiger partial charge in [-0.05, 0) is 18.2 Å². The number of hydrogen-bond acceptors (Lipinski definition) is 3. The average molecular weight is 301 g/mol. The maximum atomic E-state index is 13.1. The Labute approximate surface area is 115 Å². The van der Waals surface area contributed by atoms with Gasteiger partial charge in [-0.3, -0.25) is 4.98 Å². The van der Waals surface area contributed by atoms with Gasteiger partial charge in [0.15, 0.2) is 0 Å². The van der Waals surface area contributed by atoms with Gasteiger partial charge >= 0.3 is 12.3 Å². The number of benzene rings is 1. The number of para-hydroxylation sites is 1. The zero-order chi connectivity index (χ0) is 15.6. The van der Waals surface area contributed by atoms with E-state index < -0.39 is 29.5 Å². The number of alkyl halides is 3. The van der Waals surface area contributed by atoms with Gasteiger partial charge in [0.2, 0.25) is 0 Å². The second kappa shape index (κ2) is 5.39. The number of rotatable bonds is 3. The van der Waals surface area contributed by atoms with E-state index in [0.29, 0.717) is 12.3 Å². The first kappa shape index (κ1) is 14.8. The second-order valence-corrected chi connectivity index (χ2v) is 3.90. The van der Waals surface area contributed by atoms with Crippen LogP contribution in [0.2, 0.25) is 0 Å². The molecule has 1 aromatic heterocycles. The van der Waals surface area contributed by atoms with Crippen molar-refractivity contribution >= 4 is 5.97 Å². The van der Waals surface area contributed by atoms with Crippen LogP contribution in [0.1, 0.15) is 10.4 Å². The molecule has 1 N–H and O–H groups in total. The van der Waals surface area contributed by atoms with E-state index >= 15 is 0 Å². The van der Waals surface area contributed by atoms with Crippen LogP contribution >= 0.6 is 0 Å². The Kier molecular flexibility index (Phi) is 3.79. The number of pyridine rings is 1. The van der Waals surface area contributed by atoms with Gasteiger partial charge in [-0.25, -0.2) is 9.18 Å². The average Bonchev–Trinajstić information content (AvgIpc) is 2.37. The molecule has 0 saturated carbocycles. The summed E-state index contributed by atoms with van der Waals surface area (Å²) in [4.78, 5) is 14.6. The lowest BCUT2D eigenvalue weighted by Gasteiger charge is -2.13. The molecule has 0 aliphatic rings. The number of aromatic nitrogens is 1. The number of carboxylic acid groups (broad SMARTS) is 1. The van der Waals surface area contributed by atoms with Gasteiger partial charge < -0.3 is 9.84 Å². The highest BCUT2D eigenvalue weighted by atomic mass is 19.4. The Morgan fingerprint density at radius 3 is 2.52 bits per heavy atom. The minimum Gasteiger partial charge on any atom is -0.478 e. The molecule has 2 rings (SSSR count). The number of halogens is 4. The molecule has 2 aromatic rings. The van der Waals surface area contributed by atoms with Crippen LogP contribution in [0, 0.1) is 5.82 Å². The summed E-state index contributed by atoms with van der Waals surface area (Å²) in [6.07, 6.45) is -4.23. The summed E-state index contributed by atoms with van der Waals surface area (Å²) in [6, 6.07) is 5.56. The maximum absolute atomic E-state index is 13.1. The van der Waals surface area contributed by atoms with Crippen molar-refractivity contribution in [2.75, 3.05) is 0 Å². The van der Waals surface area contributed by atoms with Crippen LogP contribution in [-0.4, -0.2) is 22.4 Å². The molecule has 1 aromatic carbocycles. The highest BCUT2D eigenvalue weighted by Gasteiger charge is 2.32. The first-order valence-corrected chi connectivity index (χ1v) is 5.52. The summed E-state index contributed by atoms with van der Waals surface area (Å²) >= 11 is 0. The fourth-order valence-corrected chi connectivity index (χ4v) is 1.69. The lowest BCUT2D eigenvalue weighted by Crippen LogP contribution is -2.18. The number of nitrogens with zero attached hydrogens (tertiary/aromatic N) is 1. The molecule has 0 unspecified atom stereocenters. The van der Waals surface area contributed by atoms with E-state index in [4.69, 9.17) is 5.11 Å². The molecular formula is C13H7F4NO3. The summed E-state index contributed by atoms with van der Waals surface area (Å²) in [5.74, 6) is -3.05. The minimum atomic E-state index is -4.94. The second-order valence-electron chi connectivity index (χ2n) is 3.90. The van der Waals surface area contributed by atoms with Gasteiger partial charge in [0, 0.05) is 5.56 Å². The van der Waals surface area contributed by atoms with Crippen molar-refractivity contribution in [1.29, 1.82) is 0 Å². The minimum absolute atomic E-state index is 0.202. The predicted octanol–water partition coefficient (Wildman–Crippen LogP) is 3.48. The van der Waals surface area contributed by atoms with Crippen LogP contribution in [-0.2, 0) is 0 Å². The monoisotopic (exact) mass is 301 g/mol. The standard InChI is InChI=1S/C13H7F4NO3/c14-7-5-9(12(19)20)11(18-6-7)8-3-1-2-4-10(8)21-13(15,16)17/h1-6H,(H,19,20). The molecule has 8 heteroatoms. The van der Waals surface area contributed by atoms with E-state index in [1.807, 2.05) is 0 Å². The van der Waals surface area contributed by atoms with Gasteiger partial charge in [0.05, 0.1) is 17.5 Å². The van der Waals surface area contributed by atoms with E-state index in [-0.39, 0.29) is 11.3 Å². The molecule has 21 heavy (non-hydrogen) atoms. The molecule has 0 radical (unpaired) electrons. The van der Waals surface area contributed by atoms with Crippen molar-refractivity contribution in [3.8, 4) is 17.0 Å². The Morgan fingerprint density at radius 1 is 1.24 bits per heavy atom. The summed E-state index contributed by atoms with van der Waals surface area (Å²) in [5.41, 5.74) is -1.08. The molecule has 110 valence electrons. The Bertz CT molecular complexity index is 685. The summed E-state index contributed by atoms with van der Waals surface area (Å²) in [7, 11) is 0. The van der Waals surface area contributed by atoms with Crippen molar-refractivity contribution in [2.45, 2.75) is 6.36 Å². The van der Waals surface area contributed by atoms with E-state index in [1.165, 1.54) is 18.2 Å². The largest absolute Gasteiger partial charge is 0.573 e. The summed E-state index contributed by atoms with van der Waals surface area (Å²) < 4.78 is 53.9. The Morgan fingerprint density at radius 2 is 1.90 bits per heavy atom. The highest BCUT2D eigenvalue weighted by molar-refractivity contribution is 5.95. The van der Waals surface area contributed by atoms with E-state index in [1.54, 1.807) is 0 Å². The molecule has 0 aliphatic carbocycles. The van der Waals surface area contributed by atoms with Gasteiger partial charge in [0.25, 0.3) is 0 Å². The van der Waals surface area contributed by atoms with E-state index in [9.17, 15) is 22.4 Å². The molecule has 1 heterocycles. The van der Waals surface area contributed by atoms with E-state index in [2.05, 4.69) is 9.72 Å². The van der Waals surface area contributed by atoms with Crippen molar-refractivity contribution in [2.24, 2.45) is 0 Å². The number of ether oxygens (including phenoxy) is 1. The highest BCUT2D eigenvalue weighted by Crippen LogP contribution is 2.34. The van der Waals surface area contributed by atoms with Gasteiger partial charge in [0.1, 0.15) is 11.6 Å². The molecule has 0 aliphatic heterocycles. The molecule has 0 fully saturated rings. The molecular weight excluding hydrogens is 294 g/mol. The van der Waals surface area contributed by atoms with Crippen molar-refractivity contribution in [3.63, 3.8) is 0 Å². The SMILES string of the molecule is O=C(O)c1cc(F)cnc1-c1ccccc1OC(F)(F)F. The van der Waals surface area contributed by atoms with Crippen molar-refractivity contribution < 1.29 is 32.2 Å². The smallest absolute Gasteiger partial charge is 0.478 e. The third-order valence-electron chi connectivity index (χ3n) is 2.45. The number of hydrogen-bond donors (Lipinski definition) is 1. The van der Waals surface area contributed by atoms with Gasteiger partial charge in [-0.15, -0.1) is 13.2 Å². The van der Waals surface area contributed by atoms with Crippen LogP contribution in [0.15, 0.2) is 36.5 Å². The van der Waals surface area contributed by atoms with Crippen LogP contribution in [0.3, 0.4) is 0 Å². The number of carbonyl (C=O) groups is 1. The number of aromatic carboxylic acids is 1. The number of carboxylic acids is 1. The lowest BCUT2D eigenvalue weighted by atomic mass is 10.0. The first-order valence-electron chi connectivity index (χ1n) is 5.52. The molecule has 0 atom stereocenters. The maximum Gasteiger partial charge on any atom is 0.573 e. The summed E-state index contributed by atoms with van der Waals surface area (Å²) in [6.45, 7) is 0. The fraction of sp³-hybridized carbons (Fsp3) is 0.0769. The Balaban J connectivity index is 2.60. The fourth-order valence-electron chi connectivity index (χ4n) is 1.69. The van der Waals surface area contributed by atoms with Crippen LogP contribution in [0.25, 0.3) is 11.3 Å². The molecule has 4 nitrogen and oxygen atoms in total. The lowest BCUT2D eigenvalue weighted by molar-refractivity contribution is -0.274. The van der Waals surface area contributed by atoms with Gasteiger partial charge in [-0.1, -0.05) is 12.1 Å². The van der Waals surface area contributed by atoms with Crippen LogP contribution < -0.4 is 4.74 Å². The first-order chi connectivity index (χ1) is 9.78. The normalized spacial score (nSPS) is 11.2. The quantitative estimate of drug-likeness (QED) is 0.882. The van der Waals surface area contributed by atoms with E-state index in [0.717, 1.165) is 6.07 Å². The zero-order valence-electron chi connectivity index (χ0n) is 10.2. The third kappa shape index (κ3) is 3.47. The van der Waals surface area contributed by atoms with Crippen molar-refractivity contribution in [3.05, 3.63) is 47.9 Å². The third-order valence-corrected chi connectivity index (χ3v) is 2.45. The molecule has 0 spiro atoms. The summed E-state index contributed by atoms with van der Waals surface area (Å²) in [5, 5.41) is 9.01. The van der Waals surface area contributed by atoms with Crippen molar-refractivity contribution in [1.82, 2.24) is 4.98 Å². The van der Waals surface area contributed by atoms with Crippen LogP contribution in [0.4, 0.5) is 17.6 Å². The van der Waals surface area contributed by atoms with Gasteiger partial charge in [-0.2, -0.15) is 0 Å².